The number of nitrogens with zero attached hydrogens (tertiary/aromatic N) is 1. The molecule has 0 saturated heterocycles. The van der Waals surface area contributed by atoms with Gasteiger partial charge in [-0.3, -0.25) is 0 Å². The largest absolute Gasteiger partial charge is 0.493 e. The van der Waals surface area contributed by atoms with Crippen LogP contribution in [-0.2, 0) is 0 Å². The number of hydrogen-bond acceptors (Lipinski definition) is 3. The molecule has 1 atom stereocenters. The van der Waals surface area contributed by atoms with E-state index in [-0.39, 0.29) is 0 Å². The average molecular weight is 249 g/mol. The Bertz CT molecular complexity index is 377. The number of aliphatic hydroxyl groups is 1. The van der Waals surface area contributed by atoms with Gasteiger partial charge in [0.25, 0.3) is 0 Å². The SMILES string of the molecule is CCOc1ccccc1C(O)CN(C)C1CCC1. The average Bonchev–Trinajstić information content (AvgIpc) is 2.27. The van der Waals surface area contributed by atoms with Gasteiger partial charge in [0.05, 0.1) is 12.7 Å². The maximum Gasteiger partial charge on any atom is 0.125 e. The Hall–Kier alpha value is -1.06. The fourth-order valence-electron chi connectivity index (χ4n) is 2.39. The fraction of sp³-hybridized carbons (Fsp3) is 0.600. The fourth-order valence-corrected chi connectivity index (χ4v) is 2.39. The van der Waals surface area contributed by atoms with Gasteiger partial charge in [-0.25, -0.2) is 0 Å². The minimum atomic E-state index is -0.474. The zero-order valence-corrected chi connectivity index (χ0v) is 11.3. The normalized spacial score (nSPS) is 17.6. The lowest BCUT2D eigenvalue weighted by molar-refractivity contribution is 0.0759. The van der Waals surface area contributed by atoms with E-state index in [9.17, 15) is 5.11 Å². The standard InChI is InChI=1S/C15H23NO2/c1-3-18-15-10-5-4-9-13(15)14(17)11-16(2)12-7-6-8-12/h4-5,9-10,12,14,17H,3,6-8,11H2,1-2H3. The molecular weight excluding hydrogens is 226 g/mol. The van der Waals surface area contributed by atoms with Gasteiger partial charge in [-0.1, -0.05) is 24.6 Å². The number of aliphatic hydroxyl groups excluding tert-OH is 1. The molecule has 0 bridgehead atoms. The van der Waals surface area contributed by atoms with Gasteiger partial charge < -0.3 is 14.7 Å². The maximum absolute atomic E-state index is 10.3. The van der Waals surface area contributed by atoms with Crippen LogP contribution in [0.1, 0.15) is 37.9 Å². The van der Waals surface area contributed by atoms with Crippen LogP contribution in [0.25, 0.3) is 0 Å². The van der Waals surface area contributed by atoms with Gasteiger partial charge >= 0.3 is 0 Å². The summed E-state index contributed by atoms with van der Waals surface area (Å²) >= 11 is 0. The molecule has 0 aromatic heterocycles. The molecule has 0 heterocycles. The first-order chi connectivity index (χ1) is 8.72. The summed E-state index contributed by atoms with van der Waals surface area (Å²) in [5, 5.41) is 10.3. The van der Waals surface area contributed by atoms with Gasteiger partial charge in [0, 0.05) is 18.2 Å². The Morgan fingerprint density at radius 3 is 2.72 bits per heavy atom. The lowest BCUT2D eigenvalue weighted by atomic mass is 9.91. The van der Waals surface area contributed by atoms with Crippen molar-refractivity contribution in [1.29, 1.82) is 0 Å². The van der Waals surface area contributed by atoms with Crippen molar-refractivity contribution in [2.45, 2.75) is 38.3 Å². The van der Waals surface area contributed by atoms with E-state index in [1.54, 1.807) is 0 Å². The zero-order valence-electron chi connectivity index (χ0n) is 11.3. The van der Waals surface area contributed by atoms with Crippen molar-refractivity contribution >= 4 is 0 Å². The van der Waals surface area contributed by atoms with Crippen molar-refractivity contribution in [3.05, 3.63) is 29.8 Å². The van der Waals surface area contributed by atoms with Gasteiger partial charge in [-0.2, -0.15) is 0 Å². The Morgan fingerprint density at radius 1 is 1.39 bits per heavy atom. The molecule has 100 valence electrons. The smallest absolute Gasteiger partial charge is 0.125 e. The molecule has 1 fully saturated rings. The summed E-state index contributed by atoms with van der Waals surface area (Å²) in [5.41, 5.74) is 0.894. The minimum absolute atomic E-state index is 0.474. The van der Waals surface area contributed by atoms with Crippen molar-refractivity contribution in [2.24, 2.45) is 0 Å². The second-order valence-corrected chi connectivity index (χ2v) is 5.01. The number of rotatable bonds is 6. The maximum atomic E-state index is 10.3. The molecule has 1 N–H and O–H groups in total. The topological polar surface area (TPSA) is 32.7 Å². The van der Waals surface area contributed by atoms with Crippen molar-refractivity contribution in [3.63, 3.8) is 0 Å². The molecule has 1 aliphatic rings. The number of likely N-dealkylation sites (N-methyl/N-ethyl adjacent to an activating group) is 1. The second-order valence-electron chi connectivity index (χ2n) is 5.01. The van der Waals surface area contributed by atoms with Crippen LogP contribution < -0.4 is 4.74 Å². The first kappa shape index (κ1) is 13.4. The summed E-state index contributed by atoms with van der Waals surface area (Å²) in [5.74, 6) is 0.800. The van der Waals surface area contributed by atoms with Gasteiger partial charge in [0.2, 0.25) is 0 Å². The van der Waals surface area contributed by atoms with Crippen LogP contribution in [0.3, 0.4) is 0 Å². The minimum Gasteiger partial charge on any atom is -0.493 e. The predicted molar refractivity (Wildman–Crippen MR) is 72.8 cm³/mol. The highest BCUT2D eigenvalue weighted by atomic mass is 16.5. The number of benzene rings is 1. The van der Waals surface area contributed by atoms with Gasteiger partial charge in [-0.15, -0.1) is 0 Å². The number of ether oxygens (including phenoxy) is 1. The molecule has 1 aliphatic carbocycles. The molecule has 0 aliphatic heterocycles. The summed E-state index contributed by atoms with van der Waals surface area (Å²) in [6, 6.07) is 8.41. The summed E-state index contributed by atoms with van der Waals surface area (Å²) < 4.78 is 5.56. The lowest BCUT2D eigenvalue weighted by Gasteiger charge is -2.36. The van der Waals surface area contributed by atoms with Crippen molar-refractivity contribution < 1.29 is 9.84 Å². The van der Waals surface area contributed by atoms with Crippen LogP contribution in [0, 0.1) is 0 Å². The monoisotopic (exact) mass is 249 g/mol. The zero-order chi connectivity index (χ0) is 13.0. The van der Waals surface area contributed by atoms with E-state index in [4.69, 9.17) is 4.74 Å². The Balaban J connectivity index is 2.00. The highest BCUT2D eigenvalue weighted by Gasteiger charge is 2.24. The second kappa shape index (κ2) is 6.21. The third kappa shape index (κ3) is 3.03. The molecule has 1 aromatic carbocycles. The van der Waals surface area contributed by atoms with E-state index < -0.39 is 6.10 Å². The first-order valence-electron chi connectivity index (χ1n) is 6.82. The van der Waals surface area contributed by atoms with E-state index >= 15 is 0 Å². The van der Waals surface area contributed by atoms with Crippen molar-refractivity contribution in [1.82, 2.24) is 4.90 Å². The molecule has 1 unspecified atom stereocenters. The van der Waals surface area contributed by atoms with E-state index in [0.717, 1.165) is 11.3 Å². The first-order valence-corrected chi connectivity index (χ1v) is 6.82. The molecule has 3 nitrogen and oxygen atoms in total. The molecular formula is C15H23NO2. The molecule has 0 spiro atoms. The third-order valence-electron chi connectivity index (χ3n) is 3.74. The quantitative estimate of drug-likeness (QED) is 0.841. The van der Waals surface area contributed by atoms with Crippen molar-refractivity contribution in [3.8, 4) is 5.75 Å². The molecule has 1 aromatic rings. The summed E-state index contributed by atoms with van der Waals surface area (Å²) in [6.07, 6.45) is 3.37. The Kier molecular flexibility index (Phi) is 4.61. The van der Waals surface area contributed by atoms with Crippen LogP contribution in [0.15, 0.2) is 24.3 Å². The summed E-state index contributed by atoms with van der Waals surface area (Å²) in [4.78, 5) is 2.26. The molecule has 0 radical (unpaired) electrons. The van der Waals surface area contributed by atoms with Gasteiger partial charge in [0.15, 0.2) is 0 Å². The molecule has 3 heteroatoms. The lowest BCUT2D eigenvalue weighted by Crippen LogP contribution is -2.39. The summed E-state index contributed by atoms with van der Waals surface area (Å²) in [7, 11) is 2.09. The Morgan fingerprint density at radius 2 is 2.11 bits per heavy atom. The van der Waals surface area contributed by atoms with Crippen LogP contribution >= 0.6 is 0 Å². The molecule has 0 amide bonds. The van der Waals surface area contributed by atoms with Gasteiger partial charge in [-0.05, 0) is 32.9 Å². The van der Waals surface area contributed by atoms with Gasteiger partial charge in [0.1, 0.15) is 5.75 Å². The third-order valence-corrected chi connectivity index (χ3v) is 3.74. The predicted octanol–water partition coefficient (Wildman–Crippen LogP) is 2.60. The number of hydrogen-bond donors (Lipinski definition) is 1. The summed E-state index contributed by atoms with van der Waals surface area (Å²) in [6.45, 7) is 3.26. The molecule has 2 rings (SSSR count). The molecule has 18 heavy (non-hydrogen) atoms. The highest BCUT2D eigenvalue weighted by Crippen LogP contribution is 2.29. The van der Waals surface area contributed by atoms with Crippen LogP contribution in [0.2, 0.25) is 0 Å². The Labute approximate surface area is 109 Å². The van der Waals surface area contributed by atoms with E-state index in [2.05, 4.69) is 11.9 Å². The molecule has 1 saturated carbocycles. The van der Waals surface area contributed by atoms with E-state index in [0.29, 0.717) is 19.2 Å². The number of para-hydroxylation sites is 1. The van der Waals surface area contributed by atoms with E-state index in [1.165, 1.54) is 19.3 Å². The highest BCUT2D eigenvalue weighted by molar-refractivity contribution is 5.35. The van der Waals surface area contributed by atoms with Crippen LogP contribution in [0.4, 0.5) is 0 Å². The van der Waals surface area contributed by atoms with E-state index in [1.807, 2.05) is 31.2 Å². The van der Waals surface area contributed by atoms with Crippen molar-refractivity contribution in [2.75, 3.05) is 20.2 Å². The van der Waals surface area contributed by atoms with Crippen LogP contribution in [0.5, 0.6) is 5.75 Å². The van der Waals surface area contributed by atoms with Crippen LogP contribution in [-0.4, -0.2) is 36.2 Å².